The minimum absolute atomic E-state index is 0.134. The maximum absolute atomic E-state index is 11.7. The van der Waals surface area contributed by atoms with Crippen molar-refractivity contribution in [2.24, 2.45) is 0 Å². The number of rotatable bonds is 7. The van der Waals surface area contributed by atoms with Crippen LogP contribution in [0.1, 0.15) is 41.4 Å². The van der Waals surface area contributed by atoms with Crippen LogP contribution in [0.15, 0.2) is 36.5 Å². The molecule has 140 valence electrons. The number of hydrogen-bond donors (Lipinski definition) is 1. The van der Waals surface area contributed by atoms with Gasteiger partial charge >= 0.3 is 0 Å². The molecule has 0 spiro atoms. The van der Waals surface area contributed by atoms with Gasteiger partial charge in [-0.25, -0.2) is 0 Å². The van der Waals surface area contributed by atoms with Crippen LogP contribution in [0.4, 0.5) is 0 Å². The second-order valence-corrected chi connectivity index (χ2v) is 6.82. The number of benzene rings is 1. The molecule has 1 N–H and O–H groups in total. The summed E-state index contributed by atoms with van der Waals surface area (Å²) in [6.07, 6.45) is 5.17. The Balaban J connectivity index is 1.45. The molecule has 0 bridgehead atoms. The van der Waals surface area contributed by atoms with Gasteiger partial charge in [0.2, 0.25) is 0 Å². The molecule has 1 aromatic carbocycles. The SMILES string of the molecule is CNC(=O)c1ccn(C2CCCN(CCCOc3ccccc3C)C2)n1. The average molecular weight is 356 g/mol. The predicted octanol–water partition coefficient (Wildman–Crippen LogP) is 2.66. The van der Waals surface area contributed by atoms with Gasteiger partial charge in [-0.2, -0.15) is 5.10 Å². The first-order valence-electron chi connectivity index (χ1n) is 9.35. The summed E-state index contributed by atoms with van der Waals surface area (Å²) >= 11 is 0. The molecule has 0 radical (unpaired) electrons. The van der Waals surface area contributed by atoms with E-state index in [9.17, 15) is 4.79 Å². The maximum Gasteiger partial charge on any atom is 0.271 e. The quantitative estimate of drug-likeness (QED) is 0.775. The van der Waals surface area contributed by atoms with Gasteiger partial charge in [-0.3, -0.25) is 9.48 Å². The zero-order valence-corrected chi connectivity index (χ0v) is 15.6. The highest BCUT2D eigenvalue weighted by atomic mass is 16.5. The normalized spacial score (nSPS) is 17.8. The van der Waals surface area contributed by atoms with Crippen LogP contribution in [0.2, 0.25) is 0 Å². The molecular weight excluding hydrogens is 328 g/mol. The molecule has 26 heavy (non-hydrogen) atoms. The number of carbonyl (C=O) groups is 1. The Bertz CT molecular complexity index is 728. The van der Waals surface area contributed by atoms with Gasteiger partial charge in [-0.1, -0.05) is 18.2 Å². The van der Waals surface area contributed by atoms with Gasteiger partial charge in [0.15, 0.2) is 0 Å². The summed E-state index contributed by atoms with van der Waals surface area (Å²) in [5.41, 5.74) is 1.66. The first-order valence-corrected chi connectivity index (χ1v) is 9.35. The molecule has 1 fully saturated rings. The van der Waals surface area contributed by atoms with Gasteiger partial charge in [0.05, 0.1) is 12.6 Å². The fourth-order valence-corrected chi connectivity index (χ4v) is 3.43. The fraction of sp³-hybridized carbons (Fsp3) is 0.500. The van der Waals surface area contributed by atoms with Crippen molar-refractivity contribution in [3.05, 3.63) is 47.8 Å². The number of likely N-dealkylation sites (tertiary alicyclic amines) is 1. The van der Waals surface area contributed by atoms with E-state index in [4.69, 9.17) is 4.74 Å². The molecule has 1 saturated heterocycles. The molecule has 2 heterocycles. The molecule has 1 amide bonds. The summed E-state index contributed by atoms with van der Waals surface area (Å²) in [5.74, 6) is 0.840. The first kappa shape index (κ1) is 18.5. The van der Waals surface area contributed by atoms with E-state index in [0.29, 0.717) is 11.7 Å². The van der Waals surface area contributed by atoms with Crippen LogP contribution in [0.25, 0.3) is 0 Å². The summed E-state index contributed by atoms with van der Waals surface area (Å²) in [6, 6.07) is 10.2. The van der Waals surface area contributed by atoms with E-state index in [0.717, 1.165) is 51.3 Å². The topological polar surface area (TPSA) is 59.4 Å². The Labute approximate surface area is 155 Å². The van der Waals surface area contributed by atoms with Crippen molar-refractivity contribution in [3.63, 3.8) is 0 Å². The number of aryl methyl sites for hydroxylation is 1. The van der Waals surface area contributed by atoms with E-state index in [1.165, 1.54) is 5.56 Å². The lowest BCUT2D eigenvalue weighted by Gasteiger charge is -2.32. The smallest absolute Gasteiger partial charge is 0.271 e. The summed E-state index contributed by atoms with van der Waals surface area (Å²) < 4.78 is 7.84. The standard InChI is InChI=1S/C20H28N4O2/c1-16-7-3-4-9-19(16)26-14-6-12-23-11-5-8-17(15-23)24-13-10-18(22-24)20(25)21-2/h3-4,7,9-10,13,17H,5-6,8,11-12,14-15H2,1-2H3,(H,21,25). The third kappa shape index (κ3) is 4.64. The number of carbonyl (C=O) groups excluding carboxylic acids is 1. The van der Waals surface area contributed by atoms with Crippen LogP contribution in [0.3, 0.4) is 0 Å². The Kier molecular flexibility index (Phi) is 6.28. The Morgan fingerprint density at radius 2 is 2.19 bits per heavy atom. The van der Waals surface area contributed by atoms with Gasteiger partial charge in [0.1, 0.15) is 11.4 Å². The number of piperidine rings is 1. The van der Waals surface area contributed by atoms with Gasteiger partial charge in [0, 0.05) is 26.3 Å². The molecule has 2 aromatic rings. The second-order valence-electron chi connectivity index (χ2n) is 6.82. The van der Waals surface area contributed by atoms with Crippen LogP contribution in [-0.2, 0) is 0 Å². The fourth-order valence-electron chi connectivity index (χ4n) is 3.43. The molecule has 1 aliphatic rings. The summed E-state index contributed by atoms with van der Waals surface area (Å²) in [7, 11) is 1.63. The zero-order valence-electron chi connectivity index (χ0n) is 15.6. The zero-order chi connectivity index (χ0) is 18.4. The van der Waals surface area contributed by atoms with Crippen molar-refractivity contribution in [3.8, 4) is 5.75 Å². The molecular formula is C20H28N4O2. The van der Waals surface area contributed by atoms with E-state index in [1.807, 2.05) is 29.1 Å². The van der Waals surface area contributed by atoms with Crippen molar-refractivity contribution in [2.75, 3.05) is 33.3 Å². The number of para-hydroxylation sites is 1. The molecule has 3 rings (SSSR count). The van der Waals surface area contributed by atoms with Crippen LogP contribution < -0.4 is 10.1 Å². The first-order chi connectivity index (χ1) is 12.7. The summed E-state index contributed by atoms with van der Waals surface area (Å²) in [4.78, 5) is 14.1. The largest absolute Gasteiger partial charge is 0.493 e. The van der Waals surface area contributed by atoms with Crippen molar-refractivity contribution < 1.29 is 9.53 Å². The Morgan fingerprint density at radius 1 is 1.35 bits per heavy atom. The van der Waals surface area contributed by atoms with E-state index in [1.54, 1.807) is 13.1 Å². The van der Waals surface area contributed by atoms with Crippen LogP contribution in [-0.4, -0.2) is 53.9 Å². The van der Waals surface area contributed by atoms with Crippen molar-refractivity contribution in [2.45, 2.75) is 32.2 Å². The third-order valence-electron chi connectivity index (χ3n) is 4.89. The Morgan fingerprint density at radius 3 is 3.00 bits per heavy atom. The molecule has 0 saturated carbocycles. The van der Waals surface area contributed by atoms with Gasteiger partial charge in [-0.15, -0.1) is 0 Å². The van der Waals surface area contributed by atoms with E-state index >= 15 is 0 Å². The second kappa shape index (κ2) is 8.85. The molecule has 1 aliphatic heterocycles. The highest BCUT2D eigenvalue weighted by molar-refractivity contribution is 5.91. The highest BCUT2D eigenvalue weighted by Crippen LogP contribution is 2.21. The number of hydrogen-bond acceptors (Lipinski definition) is 4. The minimum Gasteiger partial charge on any atom is -0.493 e. The molecule has 1 unspecified atom stereocenters. The van der Waals surface area contributed by atoms with Gasteiger partial charge in [0.25, 0.3) is 5.91 Å². The van der Waals surface area contributed by atoms with Crippen LogP contribution >= 0.6 is 0 Å². The van der Waals surface area contributed by atoms with Gasteiger partial charge in [-0.05, 0) is 50.4 Å². The number of nitrogens with zero attached hydrogens (tertiary/aromatic N) is 3. The minimum atomic E-state index is -0.134. The lowest BCUT2D eigenvalue weighted by atomic mass is 10.1. The van der Waals surface area contributed by atoms with Crippen LogP contribution in [0, 0.1) is 6.92 Å². The maximum atomic E-state index is 11.7. The van der Waals surface area contributed by atoms with Crippen molar-refractivity contribution >= 4 is 5.91 Å². The average Bonchev–Trinajstić information content (AvgIpc) is 3.16. The van der Waals surface area contributed by atoms with Crippen LogP contribution in [0.5, 0.6) is 5.75 Å². The summed E-state index contributed by atoms with van der Waals surface area (Å²) in [5, 5.41) is 7.06. The van der Waals surface area contributed by atoms with Gasteiger partial charge < -0.3 is 15.0 Å². The highest BCUT2D eigenvalue weighted by Gasteiger charge is 2.22. The lowest BCUT2D eigenvalue weighted by molar-refractivity contribution is 0.0955. The van der Waals surface area contributed by atoms with Crippen molar-refractivity contribution in [1.29, 1.82) is 0 Å². The van der Waals surface area contributed by atoms with E-state index < -0.39 is 0 Å². The number of ether oxygens (including phenoxy) is 1. The molecule has 1 atom stereocenters. The van der Waals surface area contributed by atoms with Crippen molar-refractivity contribution in [1.82, 2.24) is 20.0 Å². The predicted molar refractivity (Wildman–Crippen MR) is 102 cm³/mol. The van der Waals surface area contributed by atoms with E-state index in [-0.39, 0.29) is 5.91 Å². The summed E-state index contributed by atoms with van der Waals surface area (Å²) in [6.45, 7) is 5.91. The Hall–Kier alpha value is -2.34. The molecule has 0 aliphatic carbocycles. The van der Waals surface area contributed by atoms with E-state index in [2.05, 4.69) is 28.3 Å². The lowest BCUT2D eigenvalue weighted by Crippen LogP contribution is -2.37. The molecule has 6 heteroatoms. The molecule has 1 aromatic heterocycles. The molecule has 6 nitrogen and oxygen atoms in total. The number of nitrogens with one attached hydrogen (secondary N) is 1. The monoisotopic (exact) mass is 356 g/mol. The number of amides is 1. The third-order valence-corrected chi connectivity index (χ3v) is 4.89. The number of aromatic nitrogens is 2.